The van der Waals surface area contributed by atoms with Crippen LogP contribution < -0.4 is 10.2 Å². The van der Waals surface area contributed by atoms with E-state index in [0.717, 1.165) is 80.1 Å². The molecular weight excluding hydrogens is 512 g/mol. The maximum atomic E-state index is 13.1. The monoisotopic (exact) mass is 548 g/mol. The SMILES string of the molecule is CN(C)c1ccc(NC(=S)N2CCC(c3nc(C(=O)N4CCN(Cc5ccccc5)CC4)cs3)CC2)cc1. The Labute approximate surface area is 235 Å². The molecule has 0 spiro atoms. The minimum absolute atomic E-state index is 0.0648. The molecule has 0 aliphatic carbocycles. The summed E-state index contributed by atoms with van der Waals surface area (Å²) in [6, 6.07) is 18.8. The van der Waals surface area contributed by atoms with Gasteiger partial charge in [0.2, 0.25) is 0 Å². The third-order valence-electron chi connectivity index (χ3n) is 7.42. The highest BCUT2D eigenvalue weighted by Crippen LogP contribution is 2.31. The van der Waals surface area contributed by atoms with Crippen LogP contribution in [0.3, 0.4) is 0 Å². The van der Waals surface area contributed by atoms with Gasteiger partial charge >= 0.3 is 0 Å². The molecule has 0 bridgehead atoms. The Morgan fingerprint density at radius 2 is 1.66 bits per heavy atom. The molecule has 3 aromatic rings. The van der Waals surface area contributed by atoms with Crippen LogP contribution in [0.4, 0.5) is 11.4 Å². The number of nitrogens with zero attached hydrogens (tertiary/aromatic N) is 5. The summed E-state index contributed by atoms with van der Waals surface area (Å²) >= 11 is 7.32. The number of thiazole rings is 1. The highest BCUT2D eigenvalue weighted by atomic mass is 32.1. The lowest BCUT2D eigenvalue weighted by Gasteiger charge is -2.34. The van der Waals surface area contributed by atoms with Crippen molar-refractivity contribution >= 4 is 45.9 Å². The van der Waals surface area contributed by atoms with E-state index in [1.807, 2.05) is 30.4 Å². The van der Waals surface area contributed by atoms with Gasteiger partial charge in [0.25, 0.3) is 5.91 Å². The summed E-state index contributed by atoms with van der Waals surface area (Å²) < 4.78 is 0. The fraction of sp³-hybridized carbons (Fsp3) is 0.414. The molecule has 1 N–H and O–H groups in total. The average molecular weight is 549 g/mol. The van der Waals surface area contributed by atoms with Crippen LogP contribution in [0.15, 0.2) is 60.0 Å². The van der Waals surface area contributed by atoms with Crippen LogP contribution in [0.25, 0.3) is 0 Å². The van der Waals surface area contributed by atoms with Gasteiger partial charge in [0, 0.05) is 82.6 Å². The van der Waals surface area contributed by atoms with E-state index in [1.54, 1.807) is 11.3 Å². The highest BCUT2D eigenvalue weighted by molar-refractivity contribution is 7.80. The van der Waals surface area contributed by atoms with Crippen molar-refractivity contribution in [2.45, 2.75) is 25.3 Å². The Kier molecular flexibility index (Phi) is 8.56. The zero-order chi connectivity index (χ0) is 26.5. The average Bonchev–Trinajstić information content (AvgIpc) is 3.44. The van der Waals surface area contributed by atoms with E-state index >= 15 is 0 Å². The molecule has 0 unspecified atom stereocenters. The van der Waals surface area contributed by atoms with Gasteiger partial charge in [-0.3, -0.25) is 9.69 Å². The molecule has 2 fully saturated rings. The normalized spacial score (nSPS) is 16.9. The third kappa shape index (κ3) is 6.51. The van der Waals surface area contributed by atoms with Crippen molar-refractivity contribution < 1.29 is 4.79 Å². The number of hydrogen-bond acceptors (Lipinski definition) is 6. The van der Waals surface area contributed by atoms with Crippen LogP contribution in [-0.2, 0) is 6.54 Å². The number of carbonyl (C=O) groups excluding carboxylic acids is 1. The second-order valence-corrected chi connectivity index (χ2v) is 11.5. The second-order valence-electron chi connectivity index (χ2n) is 10.3. The van der Waals surface area contributed by atoms with Crippen molar-refractivity contribution in [3.8, 4) is 0 Å². The van der Waals surface area contributed by atoms with E-state index in [1.165, 1.54) is 5.56 Å². The summed E-state index contributed by atoms with van der Waals surface area (Å²) in [4.78, 5) is 26.6. The number of nitrogens with one attached hydrogen (secondary N) is 1. The molecule has 2 aliphatic rings. The highest BCUT2D eigenvalue weighted by Gasteiger charge is 2.27. The van der Waals surface area contributed by atoms with E-state index in [4.69, 9.17) is 17.2 Å². The first-order valence-electron chi connectivity index (χ1n) is 13.3. The number of anilines is 2. The largest absolute Gasteiger partial charge is 0.378 e. The van der Waals surface area contributed by atoms with Crippen molar-refractivity contribution in [3.05, 3.63) is 76.2 Å². The Morgan fingerprint density at radius 3 is 2.32 bits per heavy atom. The van der Waals surface area contributed by atoms with Gasteiger partial charge in [-0.1, -0.05) is 30.3 Å². The Morgan fingerprint density at radius 1 is 0.974 bits per heavy atom. The Bertz CT molecular complexity index is 1210. The van der Waals surface area contributed by atoms with Crippen LogP contribution in [0.2, 0.25) is 0 Å². The number of carbonyl (C=O) groups is 1. The van der Waals surface area contributed by atoms with Gasteiger partial charge in [-0.15, -0.1) is 11.3 Å². The number of aromatic nitrogens is 1. The van der Waals surface area contributed by atoms with E-state index in [2.05, 4.69) is 68.5 Å². The fourth-order valence-corrected chi connectivity index (χ4v) is 6.33. The maximum Gasteiger partial charge on any atom is 0.273 e. The third-order valence-corrected chi connectivity index (χ3v) is 8.78. The minimum Gasteiger partial charge on any atom is -0.378 e. The summed E-state index contributed by atoms with van der Waals surface area (Å²) in [6.45, 7) is 5.99. The van der Waals surface area contributed by atoms with Gasteiger partial charge in [0.15, 0.2) is 5.11 Å². The topological polar surface area (TPSA) is 55.0 Å². The van der Waals surface area contributed by atoms with Crippen molar-refractivity contribution in [3.63, 3.8) is 0 Å². The van der Waals surface area contributed by atoms with Gasteiger partial charge in [0.05, 0.1) is 5.01 Å². The van der Waals surface area contributed by atoms with E-state index in [9.17, 15) is 4.79 Å². The predicted molar refractivity (Wildman–Crippen MR) is 160 cm³/mol. The number of benzene rings is 2. The molecule has 2 aromatic carbocycles. The number of amides is 1. The molecule has 9 heteroatoms. The number of rotatable bonds is 6. The molecule has 7 nitrogen and oxygen atoms in total. The lowest BCUT2D eigenvalue weighted by atomic mass is 9.98. The first-order valence-corrected chi connectivity index (χ1v) is 14.6. The molecule has 38 heavy (non-hydrogen) atoms. The molecule has 3 heterocycles. The van der Waals surface area contributed by atoms with Crippen molar-refractivity contribution in [1.82, 2.24) is 19.7 Å². The van der Waals surface area contributed by atoms with Crippen LogP contribution in [0, 0.1) is 0 Å². The van der Waals surface area contributed by atoms with E-state index < -0.39 is 0 Å². The standard InChI is InChI=1S/C29H36N6OS2/c1-32(2)25-10-8-24(9-11-25)30-29(37)35-14-12-23(13-15-35)27-31-26(21-38-27)28(36)34-18-16-33(17-19-34)20-22-6-4-3-5-7-22/h3-11,21,23H,12-20H2,1-2H3,(H,30,37). The minimum atomic E-state index is 0.0648. The van der Waals surface area contributed by atoms with Crippen LogP contribution in [0.5, 0.6) is 0 Å². The van der Waals surface area contributed by atoms with Crippen LogP contribution in [0.1, 0.15) is 39.8 Å². The van der Waals surface area contributed by atoms with Crippen molar-refractivity contribution in [2.75, 3.05) is 63.6 Å². The van der Waals surface area contributed by atoms with Crippen LogP contribution in [-0.4, -0.2) is 84.1 Å². The zero-order valence-electron chi connectivity index (χ0n) is 22.2. The first-order chi connectivity index (χ1) is 18.5. The maximum absolute atomic E-state index is 13.1. The summed E-state index contributed by atoms with van der Waals surface area (Å²) in [6.07, 6.45) is 1.97. The molecule has 1 amide bonds. The Hall–Kier alpha value is -3.01. The van der Waals surface area contributed by atoms with Crippen LogP contribution >= 0.6 is 23.6 Å². The van der Waals surface area contributed by atoms with Gasteiger partial charge < -0.3 is 20.0 Å². The van der Waals surface area contributed by atoms with Crippen molar-refractivity contribution in [2.24, 2.45) is 0 Å². The number of piperazine rings is 1. The summed E-state index contributed by atoms with van der Waals surface area (Å²) in [5.74, 6) is 0.442. The quantitative estimate of drug-likeness (QED) is 0.447. The van der Waals surface area contributed by atoms with Gasteiger partial charge in [0.1, 0.15) is 5.69 Å². The lowest BCUT2D eigenvalue weighted by molar-refractivity contribution is 0.0623. The molecule has 0 atom stereocenters. The molecular formula is C29H36N6OS2. The van der Waals surface area contributed by atoms with Gasteiger partial charge in [-0.25, -0.2) is 4.98 Å². The predicted octanol–water partition coefficient (Wildman–Crippen LogP) is 4.74. The van der Waals surface area contributed by atoms with Crippen molar-refractivity contribution in [1.29, 1.82) is 0 Å². The van der Waals surface area contributed by atoms with Gasteiger partial charge in [-0.05, 0) is 54.9 Å². The zero-order valence-corrected chi connectivity index (χ0v) is 23.8. The molecule has 0 radical (unpaired) electrons. The summed E-state index contributed by atoms with van der Waals surface area (Å²) in [5, 5.41) is 7.17. The lowest BCUT2D eigenvalue weighted by Crippen LogP contribution is -2.48. The molecule has 0 saturated carbocycles. The molecule has 200 valence electrons. The smallest absolute Gasteiger partial charge is 0.273 e. The number of piperidine rings is 1. The number of thiocarbonyl (C=S) groups is 1. The van der Waals surface area contributed by atoms with E-state index in [0.29, 0.717) is 11.6 Å². The van der Waals surface area contributed by atoms with E-state index in [-0.39, 0.29) is 5.91 Å². The molecule has 5 rings (SSSR count). The first kappa shape index (κ1) is 26.6. The summed E-state index contributed by atoms with van der Waals surface area (Å²) in [5.41, 5.74) is 4.08. The summed E-state index contributed by atoms with van der Waals surface area (Å²) in [7, 11) is 4.07. The second kappa shape index (κ2) is 12.2. The molecule has 1 aromatic heterocycles. The molecule has 2 saturated heterocycles. The number of likely N-dealkylation sites (tertiary alicyclic amines) is 1. The number of hydrogen-bond donors (Lipinski definition) is 1. The fourth-order valence-electron chi connectivity index (χ4n) is 5.06. The molecule has 2 aliphatic heterocycles. The Balaban J connectivity index is 1.08. The van der Waals surface area contributed by atoms with Gasteiger partial charge in [-0.2, -0.15) is 0 Å².